The monoisotopic (exact) mass is 685 g/mol. The van der Waals surface area contributed by atoms with E-state index in [1.54, 1.807) is 0 Å². The van der Waals surface area contributed by atoms with Gasteiger partial charge in [0.2, 0.25) is 0 Å². The summed E-state index contributed by atoms with van der Waals surface area (Å²) in [5.74, 6) is -0.320. The average Bonchev–Trinajstić information content (AvgIpc) is 3.08. The van der Waals surface area contributed by atoms with E-state index in [9.17, 15) is 25.2 Å². The summed E-state index contributed by atoms with van der Waals surface area (Å²) < 4.78 is 22.7. The highest BCUT2D eigenvalue weighted by molar-refractivity contribution is 5.69. The Balaban J connectivity index is 2.33. The Kier molecular flexibility index (Phi) is 29.5. The number of esters is 1. The van der Waals surface area contributed by atoms with E-state index in [-0.39, 0.29) is 19.2 Å². The van der Waals surface area contributed by atoms with E-state index in [1.807, 2.05) is 0 Å². The molecule has 0 amide bonds. The van der Waals surface area contributed by atoms with Gasteiger partial charge in [0.1, 0.15) is 30.5 Å². The Labute approximate surface area is 292 Å². The van der Waals surface area contributed by atoms with Crippen LogP contribution in [0.5, 0.6) is 0 Å². The molecule has 0 aromatic heterocycles. The fourth-order valence-corrected chi connectivity index (χ4v) is 5.76. The van der Waals surface area contributed by atoms with Crippen LogP contribution in [0.4, 0.5) is 0 Å². The quantitative estimate of drug-likeness (QED) is 0.0323. The smallest absolute Gasteiger partial charge is 0.306 e. The van der Waals surface area contributed by atoms with E-state index in [0.29, 0.717) is 13.0 Å². The number of carbonyl (C=O) groups is 1. The second-order valence-corrected chi connectivity index (χ2v) is 13.4. The van der Waals surface area contributed by atoms with Gasteiger partial charge < -0.3 is 39.4 Å². The predicted octanol–water partition coefficient (Wildman–Crippen LogP) is 7.47. The van der Waals surface area contributed by atoms with Crippen molar-refractivity contribution in [3.8, 4) is 0 Å². The summed E-state index contributed by atoms with van der Waals surface area (Å²) in [7, 11) is 0. The van der Waals surface area contributed by atoms with Crippen molar-refractivity contribution in [2.45, 2.75) is 192 Å². The first-order chi connectivity index (χ1) is 23.4. The van der Waals surface area contributed by atoms with Crippen LogP contribution in [0.2, 0.25) is 0 Å². The maximum absolute atomic E-state index is 12.7. The van der Waals surface area contributed by atoms with Crippen LogP contribution in [0.1, 0.15) is 155 Å². The van der Waals surface area contributed by atoms with Crippen LogP contribution < -0.4 is 0 Å². The second-order valence-electron chi connectivity index (χ2n) is 13.4. The van der Waals surface area contributed by atoms with Crippen LogP contribution in [0, 0.1) is 0 Å². The highest BCUT2D eigenvalue weighted by Crippen LogP contribution is 2.22. The lowest BCUT2D eigenvalue weighted by molar-refractivity contribution is -0.305. The summed E-state index contributed by atoms with van der Waals surface area (Å²) in [4.78, 5) is 12.7. The maximum atomic E-state index is 12.7. The zero-order valence-corrected chi connectivity index (χ0v) is 30.5. The van der Waals surface area contributed by atoms with Gasteiger partial charge in [-0.15, -0.1) is 0 Å². The summed E-state index contributed by atoms with van der Waals surface area (Å²) in [5.41, 5.74) is 0. The molecule has 1 fully saturated rings. The molecule has 0 aromatic rings. The minimum atomic E-state index is -1.53. The van der Waals surface area contributed by atoms with Gasteiger partial charge in [-0.25, -0.2) is 0 Å². The first-order valence-corrected chi connectivity index (χ1v) is 19.4. The predicted molar refractivity (Wildman–Crippen MR) is 192 cm³/mol. The first kappa shape index (κ1) is 44.7. The second kappa shape index (κ2) is 31.6. The number of rotatable bonds is 32. The lowest BCUT2D eigenvalue weighted by Gasteiger charge is -2.39. The lowest BCUT2D eigenvalue weighted by atomic mass is 9.99. The van der Waals surface area contributed by atoms with Gasteiger partial charge in [0, 0.05) is 13.0 Å². The molecule has 0 bridgehead atoms. The van der Waals surface area contributed by atoms with Crippen molar-refractivity contribution in [1.82, 2.24) is 0 Å². The Morgan fingerprint density at radius 1 is 0.667 bits per heavy atom. The number of carbonyl (C=O) groups excluding carboxylic acids is 1. The Hall–Kier alpha value is -1.33. The van der Waals surface area contributed by atoms with E-state index >= 15 is 0 Å². The zero-order chi connectivity index (χ0) is 35.1. The van der Waals surface area contributed by atoms with Gasteiger partial charge in [0.15, 0.2) is 6.29 Å². The average molecular weight is 685 g/mol. The molecular weight excluding hydrogens is 612 g/mol. The molecule has 0 spiro atoms. The zero-order valence-electron chi connectivity index (χ0n) is 30.5. The molecule has 9 heteroatoms. The summed E-state index contributed by atoms with van der Waals surface area (Å²) in [5, 5.41) is 39.9. The Morgan fingerprint density at radius 2 is 1.25 bits per heavy atom. The van der Waals surface area contributed by atoms with Gasteiger partial charge in [-0.3, -0.25) is 4.79 Å². The number of aliphatic hydroxyl groups is 4. The molecule has 4 N–H and O–H groups in total. The number of allylic oxidation sites excluding steroid dienone is 4. The van der Waals surface area contributed by atoms with Crippen LogP contribution in [-0.4, -0.2) is 89.6 Å². The molecule has 1 aliphatic heterocycles. The number of ether oxygens (including phenoxy) is 4. The van der Waals surface area contributed by atoms with E-state index in [0.717, 1.165) is 57.8 Å². The van der Waals surface area contributed by atoms with Crippen molar-refractivity contribution in [2.24, 2.45) is 0 Å². The third-order valence-corrected chi connectivity index (χ3v) is 8.85. The lowest BCUT2D eigenvalue weighted by Crippen LogP contribution is -2.59. The van der Waals surface area contributed by atoms with Crippen molar-refractivity contribution < 1.29 is 44.2 Å². The van der Waals surface area contributed by atoms with Gasteiger partial charge in [-0.2, -0.15) is 0 Å². The van der Waals surface area contributed by atoms with Crippen molar-refractivity contribution in [3.05, 3.63) is 24.3 Å². The molecule has 9 nitrogen and oxygen atoms in total. The largest absolute Gasteiger partial charge is 0.457 e. The molecule has 1 rings (SSSR count). The molecule has 1 heterocycles. The van der Waals surface area contributed by atoms with E-state index in [2.05, 4.69) is 38.2 Å². The summed E-state index contributed by atoms with van der Waals surface area (Å²) in [6.07, 6.45) is 26.3. The van der Waals surface area contributed by atoms with Crippen LogP contribution in [-0.2, 0) is 23.7 Å². The third kappa shape index (κ3) is 23.1. The number of hydrogen-bond acceptors (Lipinski definition) is 9. The van der Waals surface area contributed by atoms with Crippen LogP contribution >= 0.6 is 0 Å². The molecule has 1 saturated heterocycles. The molecule has 282 valence electrons. The summed E-state index contributed by atoms with van der Waals surface area (Å²) in [6, 6.07) is 0. The van der Waals surface area contributed by atoms with Crippen molar-refractivity contribution >= 4 is 5.97 Å². The van der Waals surface area contributed by atoms with Gasteiger partial charge in [-0.05, 0) is 38.5 Å². The fourth-order valence-electron chi connectivity index (χ4n) is 5.76. The molecule has 6 unspecified atom stereocenters. The Bertz CT molecular complexity index is 787. The summed E-state index contributed by atoms with van der Waals surface area (Å²) in [6.45, 7) is 4.46. The molecule has 6 atom stereocenters. The van der Waals surface area contributed by atoms with E-state index < -0.39 is 43.4 Å². The SMILES string of the molecule is CCC/C=C\C/C=C\CCCCCCCCOCC(COC1OC(CO)C(O)C(O)C1O)OC(=O)CCCCCCCCCCCCC. The minimum absolute atomic E-state index is 0.115. The van der Waals surface area contributed by atoms with Crippen LogP contribution in [0.25, 0.3) is 0 Å². The van der Waals surface area contributed by atoms with Crippen LogP contribution in [0.3, 0.4) is 0 Å². The molecule has 48 heavy (non-hydrogen) atoms. The normalized spacial score (nSPS) is 22.2. The van der Waals surface area contributed by atoms with Crippen molar-refractivity contribution in [1.29, 1.82) is 0 Å². The van der Waals surface area contributed by atoms with E-state index in [1.165, 1.54) is 77.0 Å². The molecule has 0 aliphatic carbocycles. The maximum Gasteiger partial charge on any atom is 0.306 e. The fraction of sp³-hybridized carbons (Fsp3) is 0.872. The standard InChI is InChI=1S/C39H72O9/c1-3-5-7-9-11-13-15-16-17-19-21-23-25-27-29-45-31-33(32-46-39-38(44)37(43)36(42)34(30-40)48-39)47-35(41)28-26-24-22-20-18-14-12-10-8-6-4-2/h7,9,13,15,33-34,36-40,42-44H,3-6,8,10-12,14,16-32H2,1-2H3/b9-7-,15-13-. The van der Waals surface area contributed by atoms with Gasteiger partial charge in [0.05, 0.1) is 19.8 Å². The highest BCUT2D eigenvalue weighted by Gasteiger charge is 2.44. The number of hydrogen-bond donors (Lipinski definition) is 4. The van der Waals surface area contributed by atoms with Gasteiger partial charge in [0.25, 0.3) is 0 Å². The summed E-state index contributed by atoms with van der Waals surface area (Å²) >= 11 is 0. The molecular formula is C39H72O9. The van der Waals surface area contributed by atoms with Crippen LogP contribution in [0.15, 0.2) is 24.3 Å². The molecule has 0 radical (unpaired) electrons. The highest BCUT2D eigenvalue weighted by atomic mass is 16.7. The third-order valence-electron chi connectivity index (χ3n) is 8.85. The first-order valence-electron chi connectivity index (χ1n) is 19.4. The molecule has 0 aromatic carbocycles. The number of unbranched alkanes of at least 4 members (excludes halogenated alkanes) is 17. The van der Waals surface area contributed by atoms with Gasteiger partial charge >= 0.3 is 5.97 Å². The van der Waals surface area contributed by atoms with E-state index in [4.69, 9.17) is 18.9 Å². The Morgan fingerprint density at radius 3 is 1.88 bits per heavy atom. The molecule has 1 aliphatic rings. The van der Waals surface area contributed by atoms with Crippen molar-refractivity contribution in [3.63, 3.8) is 0 Å². The van der Waals surface area contributed by atoms with Crippen molar-refractivity contribution in [2.75, 3.05) is 26.4 Å². The van der Waals surface area contributed by atoms with Gasteiger partial charge in [-0.1, -0.05) is 134 Å². The minimum Gasteiger partial charge on any atom is -0.457 e. The topological polar surface area (TPSA) is 135 Å². The number of aliphatic hydroxyl groups excluding tert-OH is 4. The molecule has 0 saturated carbocycles.